The maximum absolute atomic E-state index is 13.4. The first kappa shape index (κ1) is 13.4. The van der Waals surface area contributed by atoms with Crippen LogP contribution in [0, 0.1) is 5.82 Å². The van der Waals surface area contributed by atoms with Gasteiger partial charge in [-0.3, -0.25) is 0 Å². The maximum Gasteiger partial charge on any atom is 0.165 e. The van der Waals surface area contributed by atoms with Crippen molar-refractivity contribution < 1.29 is 14.3 Å². The summed E-state index contributed by atoms with van der Waals surface area (Å²) in [6.45, 7) is 0. The molecule has 5 heteroatoms. The summed E-state index contributed by atoms with van der Waals surface area (Å²) in [6, 6.07) is 13.1. The van der Waals surface area contributed by atoms with Crippen molar-refractivity contribution in [1.82, 2.24) is 0 Å². The highest BCUT2D eigenvalue weighted by atomic mass is 35.5. The Balaban J connectivity index is 2.09. The molecule has 0 aliphatic carbocycles. The highest BCUT2D eigenvalue weighted by Crippen LogP contribution is 2.24. The predicted molar refractivity (Wildman–Crippen MR) is 71.7 cm³/mol. The third-order valence-electron chi connectivity index (χ3n) is 2.45. The van der Waals surface area contributed by atoms with E-state index in [0.29, 0.717) is 12.2 Å². The van der Waals surface area contributed by atoms with E-state index >= 15 is 0 Å². The van der Waals surface area contributed by atoms with E-state index in [1.165, 1.54) is 6.07 Å². The lowest BCUT2D eigenvalue weighted by molar-refractivity contribution is 0.319. The summed E-state index contributed by atoms with van der Waals surface area (Å²) < 4.78 is 18.8. The third kappa shape index (κ3) is 3.69. The second-order valence-electron chi connectivity index (χ2n) is 3.83. The van der Waals surface area contributed by atoms with Gasteiger partial charge in [-0.05, 0) is 29.8 Å². The van der Waals surface area contributed by atoms with Crippen molar-refractivity contribution in [2.45, 2.75) is 6.42 Å². The molecule has 19 heavy (non-hydrogen) atoms. The molecule has 0 heterocycles. The summed E-state index contributed by atoms with van der Waals surface area (Å²) in [5, 5.41) is 11.5. The molecule has 0 aliphatic heterocycles. The Bertz CT molecular complexity index is 584. The molecule has 0 unspecified atom stereocenters. The number of halogens is 2. The first-order valence-corrected chi connectivity index (χ1v) is 5.94. The van der Waals surface area contributed by atoms with Gasteiger partial charge in [-0.25, -0.2) is 4.39 Å². The Kier molecular flexibility index (Phi) is 4.36. The topological polar surface area (TPSA) is 41.8 Å². The normalized spacial score (nSPS) is 11.4. The molecule has 0 fully saturated rings. The number of hydrogen-bond donors (Lipinski definition) is 1. The van der Waals surface area contributed by atoms with Gasteiger partial charge in [0.2, 0.25) is 0 Å². The molecule has 1 N–H and O–H groups in total. The van der Waals surface area contributed by atoms with E-state index in [1.54, 1.807) is 42.5 Å². The zero-order valence-electron chi connectivity index (χ0n) is 9.88. The van der Waals surface area contributed by atoms with E-state index in [-0.39, 0.29) is 10.9 Å². The molecule has 0 bridgehead atoms. The van der Waals surface area contributed by atoms with Crippen molar-refractivity contribution in [3.05, 3.63) is 59.9 Å². The van der Waals surface area contributed by atoms with Gasteiger partial charge in [-0.2, -0.15) is 0 Å². The van der Waals surface area contributed by atoms with Crippen molar-refractivity contribution in [2.75, 3.05) is 0 Å². The lowest BCUT2D eigenvalue weighted by Gasteiger charge is -2.07. The van der Waals surface area contributed by atoms with Gasteiger partial charge in [0.05, 0.1) is 0 Å². The van der Waals surface area contributed by atoms with Gasteiger partial charge in [0.15, 0.2) is 11.6 Å². The van der Waals surface area contributed by atoms with Crippen LogP contribution in [0.25, 0.3) is 0 Å². The molecule has 0 aliphatic rings. The van der Waals surface area contributed by atoms with Gasteiger partial charge in [-0.1, -0.05) is 41.0 Å². The molecule has 0 saturated carbocycles. The third-order valence-corrected chi connectivity index (χ3v) is 2.66. The Hall–Kier alpha value is -2.07. The van der Waals surface area contributed by atoms with Crippen molar-refractivity contribution in [1.29, 1.82) is 0 Å². The van der Waals surface area contributed by atoms with Crippen molar-refractivity contribution in [2.24, 2.45) is 5.16 Å². The largest absolute Gasteiger partial charge is 0.454 e. The number of ether oxygens (including phenoxy) is 1. The molecule has 0 radical (unpaired) electrons. The lowest BCUT2D eigenvalue weighted by atomic mass is 10.1. The monoisotopic (exact) mass is 279 g/mol. The molecule has 2 rings (SSSR count). The molecule has 0 spiro atoms. The van der Waals surface area contributed by atoms with E-state index in [0.717, 1.165) is 5.56 Å². The Morgan fingerprint density at radius 1 is 1.16 bits per heavy atom. The van der Waals surface area contributed by atoms with Gasteiger partial charge >= 0.3 is 0 Å². The summed E-state index contributed by atoms with van der Waals surface area (Å²) >= 11 is 5.61. The van der Waals surface area contributed by atoms with E-state index in [1.807, 2.05) is 0 Å². The zero-order chi connectivity index (χ0) is 13.7. The standard InChI is InChI=1S/C14H11ClFNO2/c15-14(17-18)9-10-5-7-11(8-6-10)19-13-4-2-1-3-12(13)16/h1-8,18H,9H2/b17-14-. The highest BCUT2D eigenvalue weighted by molar-refractivity contribution is 6.65. The summed E-state index contributed by atoms with van der Waals surface area (Å²) in [7, 11) is 0. The number of nitrogens with zero attached hydrogens (tertiary/aromatic N) is 1. The molecule has 2 aromatic rings. The second-order valence-corrected chi connectivity index (χ2v) is 4.27. The summed E-state index contributed by atoms with van der Waals surface area (Å²) in [6.07, 6.45) is 0.331. The fourth-order valence-corrected chi connectivity index (χ4v) is 1.69. The number of hydrogen-bond acceptors (Lipinski definition) is 3. The van der Waals surface area contributed by atoms with Crippen LogP contribution in [0.3, 0.4) is 0 Å². The minimum Gasteiger partial charge on any atom is -0.454 e. The quantitative estimate of drug-likeness (QED) is 0.518. The van der Waals surface area contributed by atoms with Crippen LogP contribution in [0.2, 0.25) is 0 Å². The van der Waals surface area contributed by atoms with Crippen LogP contribution in [0.1, 0.15) is 5.56 Å². The van der Waals surface area contributed by atoms with Gasteiger partial charge < -0.3 is 9.94 Å². The van der Waals surface area contributed by atoms with Gasteiger partial charge in [-0.15, -0.1) is 0 Å². The number of oxime groups is 1. The second kappa shape index (κ2) is 6.20. The maximum atomic E-state index is 13.4. The molecular formula is C14H11ClFNO2. The first-order chi connectivity index (χ1) is 9.19. The minimum absolute atomic E-state index is 0.0998. The highest BCUT2D eigenvalue weighted by Gasteiger charge is 2.04. The molecule has 0 saturated heterocycles. The molecular weight excluding hydrogens is 269 g/mol. The Labute approximate surface area is 114 Å². The zero-order valence-corrected chi connectivity index (χ0v) is 10.6. The summed E-state index contributed by atoms with van der Waals surface area (Å²) in [5.41, 5.74) is 0.865. The molecule has 3 nitrogen and oxygen atoms in total. The summed E-state index contributed by atoms with van der Waals surface area (Å²) in [5.74, 6) is 0.276. The van der Waals surface area contributed by atoms with Crippen molar-refractivity contribution in [3.63, 3.8) is 0 Å². The fourth-order valence-electron chi connectivity index (χ4n) is 1.53. The minimum atomic E-state index is -0.415. The van der Waals surface area contributed by atoms with Crippen LogP contribution in [0.15, 0.2) is 53.7 Å². The first-order valence-electron chi connectivity index (χ1n) is 5.57. The average Bonchev–Trinajstić information content (AvgIpc) is 2.43. The molecule has 2 aromatic carbocycles. The van der Waals surface area contributed by atoms with E-state index in [2.05, 4.69) is 5.16 Å². The SMILES string of the molecule is O/N=C(\Cl)Cc1ccc(Oc2ccccc2F)cc1. The van der Waals surface area contributed by atoms with Crippen LogP contribution in [0.5, 0.6) is 11.5 Å². The molecule has 0 amide bonds. The number of rotatable bonds is 4. The van der Waals surface area contributed by atoms with Crippen LogP contribution >= 0.6 is 11.6 Å². The predicted octanol–water partition coefficient (Wildman–Crippen LogP) is 4.19. The lowest BCUT2D eigenvalue weighted by Crippen LogP contribution is -1.94. The molecule has 98 valence electrons. The number of para-hydroxylation sites is 1. The van der Waals surface area contributed by atoms with Crippen molar-refractivity contribution in [3.8, 4) is 11.5 Å². The number of benzene rings is 2. The molecule has 0 aromatic heterocycles. The van der Waals surface area contributed by atoms with Crippen LogP contribution < -0.4 is 4.74 Å². The van der Waals surface area contributed by atoms with Crippen molar-refractivity contribution >= 4 is 16.8 Å². The molecule has 0 atom stereocenters. The van der Waals surface area contributed by atoms with Crippen LogP contribution in [-0.4, -0.2) is 10.4 Å². The van der Waals surface area contributed by atoms with Gasteiger partial charge in [0.25, 0.3) is 0 Å². The van der Waals surface area contributed by atoms with E-state index in [4.69, 9.17) is 21.5 Å². The Morgan fingerprint density at radius 3 is 2.47 bits per heavy atom. The summed E-state index contributed by atoms with van der Waals surface area (Å²) in [4.78, 5) is 0. The fraction of sp³-hybridized carbons (Fsp3) is 0.0714. The smallest absolute Gasteiger partial charge is 0.165 e. The van der Waals surface area contributed by atoms with E-state index < -0.39 is 5.82 Å². The van der Waals surface area contributed by atoms with Gasteiger partial charge in [0, 0.05) is 6.42 Å². The van der Waals surface area contributed by atoms with Crippen LogP contribution in [0.4, 0.5) is 4.39 Å². The van der Waals surface area contributed by atoms with Crippen LogP contribution in [-0.2, 0) is 6.42 Å². The Morgan fingerprint density at radius 2 is 1.84 bits per heavy atom. The van der Waals surface area contributed by atoms with E-state index in [9.17, 15) is 4.39 Å². The van der Waals surface area contributed by atoms with Gasteiger partial charge in [0.1, 0.15) is 10.9 Å². The average molecular weight is 280 g/mol.